The Labute approximate surface area is 126 Å². The van der Waals surface area contributed by atoms with Gasteiger partial charge in [0.2, 0.25) is 0 Å². The van der Waals surface area contributed by atoms with Crippen molar-refractivity contribution in [1.82, 2.24) is 15.1 Å². The molecular formula is C17H25N3O. The molecule has 0 saturated carbocycles. The zero-order chi connectivity index (χ0) is 15.3. The summed E-state index contributed by atoms with van der Waals surface area (Å²) < 4.78 is 1.86. The normalized spacial score (nSPS) is 13.3. The first-order chi connectivity index (χ1) is 9.94. The Morgan fingerprint density at radius 2 is 1.90 bits per heavy atom. The summed E-state index contributed by atoms with van der Waals surface area (Å²) in [7, 11) is 0. The molecular weight excluding hydrogens is 262 g/mol. The fourth-order valence-electron chi connectivity index (χ4n) is 2.33. The highest BCUT2D eigenvalue weighted by Crippen LogP contribution is 2.20. The average Bonchev–Trinajstić information content (AvgIpc) is 2.86. The van der Waals surface area contributed by atoms with Gasteiger partial charge in [-0.3, -0.25) is 0 Å². The number of nitrogens with one attached hydrogen (secondary N) is 1. The highest BCUT2D eigenvalue weighted by Gasteiger charge is 2.16. The van der Waals surface area contributed by atoms with Crippen LogP contribution in [0.15, 0.2) is 42.6 Å². The molecule has 2 N–H and O–H groups in total. The van der Waals surface area contributed by atoms with Crippen LogP contribution in [0.25, 0.3) is 5.69 Å². The van der Waals surface area contributed by atoms with Gasteiger partial charge in [0.05, 0.1) is 17.5 Å². The second-order valence-electron chi connectivity index (χ2n) is 6.64. The summed E-state index contributed by atoms with van der Waals surface area (Å²) in [6.45, 7) is 7.67. The van der Waals surface area contributed by atoms with Crippen LogP contribution in [0.4, 0.5) is 0 Å². The summed E-state index contributed by atoms with van der Waals surface area (Å²) in [5.41, 5.74) is 2.18. The summed E-state index contributed by atoms with van der Waals surface area (Å²) in [6.07, 6.45) is 2.43. The van der Waals surface area contributed by atoms with E-state index >= 15 is 0 Å². The molecule has 0 aliphatic heterocycles. The van der Waals surface area contributed by atoms with Crippen molar-refractivity contribution in [2.45, 2.75) is 39.8 Å². The van der Waals surface area contributed by atoms with Crippen molar-refractivity contribution in [2.24, 2.45) is 5.41 Å². The molecule has 0 bridgehead atoms. The molecule has 114 valence electrons. The molecule has 0 radical (unpaired) electrons. The molecule has 0 saturated heterocycles. The summed E-state index contributed by atoms with van der Waals surface area (Å²) in [6, 6.07) is 12.0. The first-order valence-corrected chi connectivity index (χ1v) is 7.43. The van der Waals surface area contributed by atoms with Gasteiger partial charge in [0.25, 0.3) is 0 Å². The van der Waals surface area contributed by atoms with Gasteiger partial charge in [0.15, 0.2) is 0 Å². The second-order valence-corrected chi connectivity index (χ2v) is 6.64. The second kappa shape index (κ2) is 6.87. The van der Waals surface area contributed by atoms with E-state index in [0.29, 0.717) is 13.1 Å². The minimum Gasteiger partial charge on any atom is -0.392 e. The molecule has 1 aromatic heterocycles. The Balaban J connectivity index is 1.81. The van der Waals surface area contributed by atoms with E-state index < -0.39 is 0 Å². The summed E-state index contributed by atoms with van der Waals surface area (Å²) in [5, 5.41) is 17.7. The number of aliphatic hydroxyl groups excluding tert-OH is 1. The lowest BCUT2D eigenvalue weighted by atomic mass is 9.89. The molecule has 0 aliphatic carbocycles. The van der Waals surface area contributed by atoms with Gasteiger partial charge in [-0.1, -0.05) is 39.0 Å². The van der Waals surface area contributed by atoms with Crippen LogP contribution in [0.3, 0.4) is 0 Å². The molecule has 0 spiro atoms. The van der Waals surface area contributed by atoms with Crippen molar-refractivity contribution < 1.29 is 5.11 Å². The SMILES string of the molecule is CC(C)(C)CC(O)CNCc1ccn(-c2ccccc2)n1. The van der Waals surface area contributed by atoms with Crippen molar-refractivity contribution in [3.63, 3.8) is 0 Å². The van der Waals surface area contributed by atoms with E-state index in [-0.39, 0.29) is 11.5 Å². The Kier molecular flexibility index (Phi) is 5.15. The molecule has 1 heterocycles. The zero-order valence-corrected chi connectivity index (χ0v) is 13.1. The van der Waals surface area contributed by atoms with Crippen LogP contribution in [-0.4, -0.2) is 27.5 Å². The Morgan fingerprint density at radius 1 is 1.19 bits per heavy atom. The van der Waals surface area contributed by atoms with Crippen molar-refractivity contribution in [3.8, 4) is 5.69 Å². The number of rotatable bonds is 6. The van der Waals surface area contributed by atoms with Crippen LogP contribution >= 0.6 is 0 Å². The number of hydrogen-bond acceptors (Lipinski definition) is 3. The maximum atomic E-state index is 9.96. The van der Waals surface area contributed by atoms with E-state index in [4.69, 9.17) is 0 Å². The molecule has 1 unspecified atom stereocenters. The highest BCUT2D eigenvalue weighted by atomic mass is 16.3. The molecule has 2 aromatic rings. The lowest BCUT2D eigenvalue weighted by molar-refractivity contribution is 0.119. The van der Waals surface area contributed by atoms with E-state index in [1.807, 2.05) is 47.3 Å². The van der Waals surface area contributed by atoms with Gasteiger partial charge in [-0.05, 0) is 30.0 Å². The fourth-order valence-corrected chi connectivity index (χ4v) is 2.33. The lowest BCUT2D eigenvalue weighted by Crippen LogP contribution is -2.30. The molecule has 1 aromatic carbocycles. The van der Waals surface area contributed by atoms with Crippen LogP contribution in [0.1, 0.15) is 32.9 Å². The predicted octanol–water partition coefficient (Wildman–Crippen LogP) is 2.76. The smallest absolute Gasteiger partial charge is 0.0766 e. The van der Waals surface area contributed by atoms with E-state index in [1.165, 1.54) is 0 Å². The quantitative estimate of drug-likeness (QED) is 0.859. The number of hydrogen-bond donors (Lipinski definition) is 2. The van der Waals surface area contributed by atoms with Crippen molar-refractivity contribution in [3.05, 3.63) is 48.3 Å². The van der Waals surface area contributed by atoms with Gasteiger partial charge in [-0.2, -0.15) is 5.10 Å². The van der Waals surface area contributed by atoms with Crippen LogP contribution in [0.2, 0.25) is 0 Å². The van der Waals surface area contributed by atoms with E-state index in [1.54, 1.807) is 0 Å². The lowest BCUT2D eigenvalue weighted by Gasteiger charge is -2.22. The van der Waals surface area contributed by atoms with Crippen molar-refractivity contribution in [1.29, 1.82) is 0 Å². The molecule has 0 fully saturated rings. The summed E-state index contributed by atoms with van der Waals surface area (Å²) in [5.74, 6) is 0. The topological polar surface area (TPSA) is 50.1 Å². The third-order valence-corrected chi connectivity index (χ3v) is 3.20. The number of nitrogens with zero attached hydrogens (tertiary/aromatic N) is 2. The Morgan fingerprint density at radius 3 is 2.57 bits per heavy atom. The minimum atomic E-state index is -0.318. The van der Waals surface area contributed by atoms with Gasteiger partial charge in [-0.15, -0.1) is 0 Å². The maximum Gasteiger partial charge on any atom is 0.0766 e. The number of benzene rings is 1. The Hall–Kier alpha value is -1.65. The molecule has 2 rings (SSSR count). The van der Waals surface area contributed by atoms with Crippen molar-refractivity contribution >= 4 is 0 Å². The van der Waals surface area contributed by atoms with E-state index in [9.17, 15) is 5.11 Å². The average molecular weight is 287 g/mol. The summed E-state index contributed by atoms with van der Waals surface area (Å²) >= 11 is 0. The molecule has 21 heavy (non-hydrogen) atoms. The highest BCUT2D eigenvalue weighted by molar-refractivity contribution is 5.30. The van der Waals surface area contributed by atoms with Gasteiger partial charge in [0.1, 0.15) is 0 Å². The zero-order valence-electron chi connectivity index (χ0n) is 13.1. The first-order valence-electron chi connectivity index (χ1n) is 7.43. The van der Waals surface area contributed by atoms with Crippen LogP contribution in [0.5, 0.6) is 0 Å². The minimum absolute atomic E-state index is 0.149. The largest absolute Gasteiger partial charge is 0.392 e. The molecule has 1 atom stereocenters. The van der Waals surface area contributed by atoms with Gasteiger partial charge < -0.3 is 10.4 Å². The molecule has 4 heteroatoms. The maximum absolute atomic E-state index is 9.96. The van der Waals surface area contributed by atoms with Gasteiger partial charge in [-0.25, -0.2) is 4.68 Å². The molecule has 4 nitrogen and oxygen atoms in total. The standard InChI is InChI=1S/C17H25N3O/c1-17(2,3)11-16(21)13-18-12-14-9-10-20(19-14)15-7-5-4-6-8-15/h4-10,16,18,21H,11-13H2,1-3H3. The van der Waals surface area contributed by atoms with Crippen LogP contribution < -0.4 is 5.32 Å². The third kappa shape index (κ3) is 5.33. The van der Waals surface area contributed by atoms with Crippen LogP contribution in [0, 0.1) is 5.41 Å². The predicted molar refractivity (Wildman–Crippen MR) is 85.3 cm³/mol. The van der Waals surface area contributed by atoms with Gasteiger partial charge >= 0.3 is 0 Å². The number of aromatic nitrogens is 2. The molecule has 0 amide bonds. The van der Waals surface area contributed by atoms with Crippen molar-refractivity contribution in [2.75, 3.05) is 6.54 Å². The van der Waals surface area contributed by atoms with Crippen LogP contribution in [-0.2, 0) is 6.54 Å². The third-order valence-electron chi connectivity index (χ3n) is 3.20. The fraction of sp³-hybridized carbons (Fsp3) is 0.471. The number of aliphatic hydroxyl groups is 1. The monoisotopic (exact) mass is 287 g/mol. The van der Waals surface area contributed by atoms with Gasteiger partial charge in [0, 0.05) is 19.3 Å². The Bertz CT molecular complexity index is 543. The first kappa shape index (κ1) is 15.7. The number of para-hydroxylation sites is 1. The summed E-state index contributed by atoms with van der Waals surface area (Å²) in [4.78, 5) is 0. The molecule has 0 aliphatic rings. The van der Waals surface area contributed by atoms with E-state index in [0.717, 1.165) is 17.8 Å². The van der Waals surface area contributed by atoms with E-state index in [2.05, 4.69) is 31.2 Å².